The molecule has 0 aliphatic heterocycles. The second-order valence-corrected chi connectivity index (χ2v) is 3.73. The molecule has 1 aromatic heterocycles. The van der Waals surface area contributed by atoms with Gasteiger partial charge < -0.3 is 9.84 Å². The van der Waals surface area contributed by atoms with Gasteiger partial charge in [0.15, 0.2) is 0 Å². The summed E-state index contributed by atoms with van der Waals surface area (Å²) >= 11 is 0. The average molecular weight is 250 g/mol. The van der Waals surface area contributed by atoms with E-state index < -0.39 is 12.1 Å². The molecule has 1 heterocycles. The molecule has 2 N–H and O–H groups in total. The number of amides is 1. The predicted octanol–water partition coefficient (Wildman–Crippen LogP) is 2.14. The molecule has 1 aromatic rings. The SMILES string of the molecule is CC(C)OC(=O)Nc1cc(/C=C/C(=O)O)ccn1. The van der Waals surface area contributed by atoms with E-state index in [1.807, 2.05) is 0 Å². The molecule has 1 rings (SSSR count). The summed E-state index contributed by atoms with van der Waals surface area (Å²) in [5.41, 5.74) is 0.618. The Hall–Kier alpha value is -2.37. The minimum atomic E-state index is -1.04. The zero-order chi connectivity index (χ0) is 13.5. The van der Waals surface area contributed by atoms with Crippen molar-refractivity contribution in [3.8, 4) is 0 Å². The van der Waals surface area contributed by atoms with Crippen LogP contribution in [-0.4, -0.2) is 28.3 Å². The summed E-state index contributed by atoms with van der Waals surface area (Å²) in [6.07, 6.45) is 3.05. The number of carbonyl (C=O) groups excluding carboxylic acids is 1. The minimum Gasteiger partial charge on any atom is -0.478 e. The zero-order valence-electron chi connectivity index (χ0n) is 10.1. The van der Waals surface area contributed by atoms with Crippen LogP contribution in [0.3, 0.4) is 0 Å². The number of carboxylic acid groups (broad SMARTS) is 1. The van der Waals surface area contributed by atoms with Crippen LogP contribution in [0.25, 0.3) is 6.08 Å². The number of aliphatic carboxylic acids is 1. The monoisotopic (exact) mass is 250 g/mol. The van der Waals surface area contributed by atoms with Crippen molar-refractivity contribution in [3.05, 3.63) is 30.0 Å². The molecule has 0 aliphatic rings. The highest BCUT2D eigenvalue weighted by molar-refractivity contribution is 5.86. The van der Waals surface area contributed by atoms with E-state index in [0.29, 0.717) is 11.4 Å². The smallest absolute Gasteiger partial charge is 0.413 e. The maximum absolute atomic E-state index is 11.3. The van der Waals surface area contributed by atoms with E-state index in [4.69, 9.17) is 9.84 Å². The molecule has 6 nitrogen and oxygen atoms in total. The van der Waals surface area contributed by atoms with Crippen molar-refractivity contribution in [2.75, 3.05) is 5.32 Å². The van der Waals surface area contributed by atoms with Crippen LogP contribution < -0.4 is 5.32 Å². The van der Waals surface area contributed by atoms with Gasteiger partial charge in [-0.05, 0) is 37.6 Å². The molecular weight excluding hydrogens is 236 g/mol. The summed E-state index contributed by atoms with van der Waals surface area (Å²) in [6, 6.07) is 3.17. The number of anilines is 1. The number of carbonyl (C=O) groups is 2. The van der Waals surface area contributed by atoms with E-state index >= 15 is 0 Å². The molecule has 0 unspecified atom stereocenters. The lowest BCUT2D eigenvalue weighted by molar-refractivity contribution is -0.131. The first kappa shape index (κ1) is 13.7. The Labute approximate surface area is 104 Å². The Morgan fingerprint density at radius 1 is 1.50 bits per heavy atom. The fourth-order valence-electron chi connectivity index (χ4n) is 1.13. The van der Waals surface area contributed by atoms with Crippen molar-refractivity contribution < 1.29 is 19.4 Å². The van der Waals surface area contributed by atoms with Gasteiger partial charge in [-0.2, -0.15) is 0 Å². The first-order valence-electron chi connectivity index (χ1n) is 5.32. The van der Waals surface area contributed by atoms with Crippen LogP contribution in [0.1, 0.15) is 19.4 Å². The number of ether oxygens (including phenoxy) is 1. The lowest BCUT2D eigenvalue weighted by Gasteiger charge is -2.08. The molecule has 0 aliphatic carbocycles. The van der Waals surface area contributed by atoms with Crippen molar-refractivity contribution in [1.29, 1.82) is 0 Å². The largest absolute Gasteiger partial charge is 0.478 e. The van der Waals surface area contributed by atoms with Crippen LogP contribution in [0.5, 0.6) is 0 Å². The first-order valence-corrected chi connectivity index (χ1v) is 5.32. The fourth-order valence-corrected chi connectivity index (χ4v) is 1.13. The van der Waals surface area contributed by atoms with E-state index in [1.165, 1.54) is 12.3 Å². The maximum atomic E-state index is 11.3. The average Bonchev–Trinajstić information content (AvgIpc) is 2.25. The Morgan fingerprint density at radius 3 is 2.83 bits per heavy atom. The third kappa shape index (κ3) is 5.11. The third-order valence-corrected chi connectivity index (χ3v) is 1.78. The van der Waals surface area contributed by atoms with Gasteiger partial charge in [0.25, 0.3) is 0 Å². The van der Waals surface area contributed by atoms with Crippen molar-refractivity contribution in [2.24, 2.45) is 0 Å². The number of nitrogens with zero attached hydrogens (tertiary/aromatic N) is 1. The van der Waals surface area contributed by atoms with Gasteiger partial charge in [-0.15, -0.1) is 0 Å². The summed E-state index contributed by atoms with van der Waals surface area (Å²) in [5, 5.41) is 10.9. The first-order chi connectivity index (χ1) is 8.47. The lowest BCUT2D eigenvalue weighted by Crippen LogP contribution is -2.18. The number of hydrogen-bond acceptors (Lipinski definition) is 4. The van der Waals surface area contributed by atoms with E-state index in [9.17, 15) is 9.59 Å². The van der Waals surface area contributed by atoms with Gasteiger partial charge in [-0.3, -0.25) is 5.32 Å². The van der Waals surface area contributed by atoms with Gasteiger partial charge in [-0.1, -0.05) is 0 Å². The molecule has 1 amide bonds. The summed E-state index contributed by atoms with van der Waals surface area (Å²) in [6.45, 7) is 3.47. The summed E-state index contributed by atoms with van der Waals surface area (Å²) in [7, 11) is 0. The van der Waals surface area contributed by atoms with Crippen molar-refractivity contribution >= 4 is 24.0 Å². The molecule has 0 aromatic carbocycles. The quantitative estimate of drug-likeness (QED) is 0.799. The molecule has 6 heteroatoms. The number of hydrogen-bond donors (Lipinski definition) is 2. The van der Waals surface area contributed by atoms with E-state index in [2.05, 4.69) is 10.3 Å². The highest BCUT2D eigenvalue weighted by atomic mass is 16.6. The van der Waals surface area contributed by atoms with Gasteiger partial charge in [0, 0.05) is 12.3 Å². The molecule has 0 fully saturated rings. The molecule has 0 saturated carbocycles. The minimum absolute atomic E-state index is 0.222. The van der Waals surface area contributed by atoms with E-state index in [0.717, 1.165) is 6.08 Å². The zero-order valence-corrected chi connectivity index (χ0v) is 10.1. The van der Waals surface area contributed by atoms with Crippen LogP contribution in [0, 0.1) is 0 Å². The second-order valence-electron chi connectivity index (χ2n) is 3.73. The number of nitrogens with one attached hydrogen (secondary N) is 1. The van der Waals surface area contributed by atoms with Gasteiger partial charge >= 0.3 is 12.1 Å². The number of pyridine rings is 1. The Kier molecular flexibility index (Phi) is 4.86. The number of rotatable bonds is 4. The van der Waals surface area contributed by atoms with Crippen molar-refractivity contribution in [1.82, 2.24) is 4.98 Å². The predicted molar refractivity (Wildman–Crippen MR) is 66.1 cm³/mol. The van der Waals surface area contributed by atoms with Gasteiger partial charge in [0.2, 0.25) is 0 Å². The summed E-state index contributed by atoms with van der Waals surface area (Å²) < 4.78 is 4.89. The summed E-state index contributed by atoms with van der Waals surface area (Å²) in [5.74, 6) is -0.742. The van der Waals surface area contributed by atoms with Crippen LogP contribution in [0.2, 0.25) is 0 Å². The fraction of sp³-hybridized carbons (Fsp3) is 0.250. The van der Waals surface area contributed by atoms with E-state index in [-0.39, 0.29) is 6.10 Å². The highest BCUT2D eigenvalue weighted by Gasteiger charge is 2.06. The molecule has 0 bridgehead atoms. The Balaban J connectivity index is 2.70. The molecule has 0 spiro atoms. The lowest BCUT2D eigenvalue weighted by atomic mass is 10.2. The topological polar surface area (TPSA) is 88.5 Å². The van der Waals surface area contributed by atoms with Crippen LogP contribution in [-0.2, 0) is 9.53 Å². The van der Waals surface area contributed by atoms with Crippen molar-refractivity contribution in [3.63, 3.8) is 0 Å². The van der Waals surface area contributed by atoms with Crippen LogP contribution in [0.4, 0.5) is 10.6 Å². The Morgan fingerprint density at radius 2 is 2.22 bits per heavy atom. The number of carboxylic acids is 1. The third-order valence-electron chi connectivity index (χ3n) is 1.78. The number of aromatic nitrogens is 1. The second kappa shape index (κ2) is 6.39. The maximum Gasteiger partial charge on any atom is 0.413 e. The van der Waals surface area contributed by atoms with E-state index in [1.54, 1.807) is 26.0 Å². The van der Waals surface area contributed by atoms with Gasteiger partial charge in [0.05, 0.1) is 6.10 Å². The molecule has 18 heavy (non-hydrogen) atoms. The molecular formula is C12H14N2O4. The van der Waals surface area contributed by atoms with Crippen molar-refractivity contribution in [2.45, 2.75) is 20.0 Å². The summed E-state index contributed by atoms with van der Waals surface area (Å²) in [4.78, 5) is 25.6. The molecule has 0 saturated heterocycles. The standard InChI is InChI=1S/C12H14N2O4/c1-8(2)18-12(17)14-10-7-9(5-6-13-10)3-4-11(15)16/h3-8H,1-2H3,(H,15,16)(H,13,14,17)/b4-3+. The van der Waals surface area contributed by atoms with Crippen LogP contribution >= 0.6 is 0 Å². The van der Waals surface area contributed by atoms with Gasteiger partial charge in [-0.25, -0.2) is 14.6 Å². The molecule has 0 radical (unpaired) electrons. The molecule has 0 atom stereocenters. The Bertz CT molecular complexity index is 469. The molecule has 96 valence electrons. The van der Waals surface area contributed by atoms with Gasteiger partial charge in [0.1, 0.15) is 5.82 Å². The normalized spacial score (nSPS) is 10.6. The highest BCUT2D eigenvalue weighted by Crippen LogP contribution is 2.09. The van der Waals surface area contributed by atoms with Crippen LogP contribution in [0.15, 0.2) is 24.4 Å².